The van der Waals surface area contributed by atoms with Crippen molar-refractivity contribution in [3.63, 3.8) is 0 Å². The van der Waals surface area contributed by atoms with Gasteiger partial charge < -0.3 is 5.32 Å². The lowest BCUT2D eigenvalue weighted by molar-refractivity contribution is 0.262. The molecule has 1 aromatic carbocycles. The molecular formula is C12H9BrFN3O. The van der Waals surface area contributed by atoms with Gasteiger partial charge >= 0.3 is 6.03 Å². The van der Waals surface area contributed by atoms with E-state index in [0.717, 1.165) is 4.47 Å². The van der Waals surface area contributed by atoms with Gasteiger partial charge in [-0.3, -0.25) is 5.32 Å². The van der Waals surface area contributed by atoms with Crippen LogP contribution in [0.1, 0.15) is 0 Å². The summed E-state index contributed by atoms with van der Waals surface area (Å²) in [5.74, 6) is -0.00772. The lowest BCUT2D eigenvalue weighted by atomic mass is 10.3. The van der Waals surface area contributed by atoms with Gasteiger partial charge in [0.15, 0.2) is 0 Å². The number of carbonyl (C=O) groups excluding carboxylic acids is 1. The van der Waals surface area contributed by atoms with E-state index >= 15 is 0 Å². The summed E-state index contributed by atoms with van der Waals surface area (Å²) in [5, 5.41) is 5.04. The van der Waals surface area contributed by atoms with Gasteiger partial charge in [-0.1, -0.05) is 22.0 Å². The number of hydrogen-bond donors (Lipinski definition) is 2. The first kappa shape index (κ1) is 12.5. The molecule has 2 amide bonds. The average Bonchev–Trinajstić information content (AvgIpc) is 2.28. The first-order chi connectivity index (χ1) is 8.63. The Hall–Kier alpha value is -1.95. The van der Waals surface area contributed by atoms with Crippen molar-refractivity contribution in [2.24, 2.45) is 0 Å². The molecule has 0 bridgehead atoms. The number of carbonyl (C=O) groups is 1. The smallest absolute Gasteiger partial charge is 0.308 e. The molecule has 0 unspecified atom stereocenters. The third-order valence-electron chi connectivity index (χ3n) is 2.05. The number of amides is 2. The Kier molecular flexibility index (Phi) is 3.88. The van der Waals surface area contributed by atoms with Gasteiger partial charge in [0.05, 0.1) is 0 Å². The van der Waals surface area contributed by atoms with Crippen LogP contribution < -0.4 is 10.6 Å². The van der Waals surface area contributed by atoms with Gasteiger partial charge in [0.25, 0.3) is 0 Å². The largest absolute Gasteiger partial charge is 0.324 e. The molecule has 0 atom stereocenters. The lowest BCUT2D eigenvalue weighted by Gasteiger charge is -2.07. The van der Waals surface area contributed by atoms with Crippen LogP contribution >= 0.6 is 15.9 Å². The van der Waals surface area contributed by atoms with Crippen molar-refractivity contribution in [1.29, 1.82) is 0 Å². The molecule has 0 spiro atoms. The Morgan fingerprint density at radius 1 is 1.22 bits per heavy atom. The Balaban J connectivity index is 2.01. The predicted octanol–water partition coefficient (Wildman–Crippen LogP) is 3.63. The van der Waals surface area contributed by atoms with Crippen molar-refractivity contribution < 1.29 is 9.18 Å². The maximum Gasteiger partial charge on any atom is 0.324 e. The van der Waals surface area contributed by atoms with Crippen LogP contribution in [0.4, 0.5) is 20.7 Å². The fourth-order valence-electron chi connectivity index (χ4n) is 1.32. The standard InChI is InChI=1S/C12H9BrFN3O/c13-8-4-5-15-11(6-8)17-12(18)16-10-3-1-2-9(14)7-10/h1-7H,(H2,15,16,17,18). The van der Waals surface area contributed by atoms with Gasteiger partial charge in [0, 0.05) is 16.4 Å². The van der Waals surface area contributed by atoms with Crippen LogP contribution in [0.25, 0.3) is 0 Å². The number of aromatic nitrogens is 1. The molecule has 2 N–H and O–H groups in total. The number of anilines is 2. The lowest BCUT2D eigenvalue weighted by Crippen LogP contribution is -2.20. The molecule has 4 nitrogen and oxygen atoms in total. The van der Waals surface area contributed by atoms with E-state index in [-0.39, 0.29) is 0 Å². The van der Waals surface area contributed by atoms with Crippen LogP contribution in [-0.4, -0.2) is 11.0 Å². The Morgan fingerprint density at radius 2 is 2.06 bits per heavy atom. The highest BCUT2D eigenvalue weighted by Gasteiger charge is 2.04. The summed E-state index contributed by atoms with van der Waals surface area (Å²) in [6, 6.07) is 8.57. The van der Waals surface area contributed by atoms with Crippen LogP contribution in [-0.2, 0) is 0 Å². The number of urea groups is 1. The number of nitrogens with one attached hydrogen (secondary N) is 2. The van der Waals surface area contributed by atoms with Crippen molar-refractivity contribution in [2.45, 2.75) is 0 Å². The van der Waals surface area contributed by atoms with E-state index in [1.165, 1.54) is 18.2 Å². The van der Waals surface area contributed by atoms with Gasteiger partial charge in [-0.15, -0.1) is 0 Å². The van der Waals surface area contributed by atoms with E-state index < -0.39 is 11.8 Å². The maximum atomic E-state index is 12.9. The molecule has 0 aliphatic rings. The molecule has 2 aromatic rings. The average molecular weight is 310 g/mol. The van der Waals surface area contributed by atoms with E-state index in [1.807, 2.05) is 0 Å². The molecule has 1 heterocycles. The van der Waals surface area contributed by atoms with Crippen LogP contribution in [0.15, 0.2) is 47.1 Å². The summed E-state index contributed by atoms with van der Waals surface area (Å²) in [4.78, 5) is 15.6. The van der Waals surface area contributed by atoms with Crippen molar-refractivity contribution in [3.05, 3.63) is 52.9 Å². The molecule has 92 valence electrons. The number of benzene rings is 1. The number of hydrogen-bond acceptors (Lipinski definition) is 2. The monoisotopic (exact) mass is 309 g/mol. The van der Waals surface area contributed by atoms with E-state index in [4.69, 9.17) is 0 Å². The number of pyridine rings is 1. The van der Waals surface area contributed by atoms with Crippen LogP contribution in [0.3, 0.4) is 0 Å². The minimum absolute atomic E-state index is 0.377. The van der Waals surface area contributed by atoms with Crippen molar-refractivity contribution in [1.82, 2.24) is 4.98 Å². The summed E-state index contributed by atoms with van der Waals surface area (Å²) in [7, 11) is 0. The fraction of sp³-hybridized carbons (Fsp3) is 0. The fourth-order valence-corrected chi connectivity index (χ4v) is 1.65. The number of nitrogens with zero attached hydrogens (tertiary/aromatic N) is 1. The van der Waals surface area contributed by atoms with Crippen LogP contribution in [0, 0.1) is 5.82 Å². The van der Waals surface area contributed by atoms with Gasteiger partial charge in [0.2, 0.25) is 0 Å². The Bertz CT molecular complexity index is 527. The predicted molar refractivity (Wildman–Crippen MR) is 71.0 cm³/mol. The Labute approximate surface area is 111 Å². The van der Waals surface area contributed by atoms with Gasteiger partial charge in [0.1, 0.15) is 11.6 Å². The highest BCUT2D eigenvalue weighted by molar-refractivity contribution is 9.10. The molecule has 0 saturated carbocycles. The van der Waals surface area contributed by atoms with Gasteiger partial charge in [-0.05, 0) is 30.3 Å². The maximum absolute atomic E-state index is 12.9. The molecule has 0 aliphatic carbocycles. The van der Waals surface area contributed by atoms with Gasteiger partial charge in [-0.2, -0.15) is 0 Å². The zero-order valence-corrected chi connectivity index (χ0v) is 10.7. The van der Waals surface area contributed by atoms with E-state index in [0.29, 0.717) is 11.5 Å². The minimum atomic E-state index is -0.480. The Morgan fingerprint density at radius 3 is 2.78 bits per heavy atom. The molecule has 6 heteroatoms. The molecular weight excluding hydrogens is 301 g/mol. The summed E-state index contributed by atoms with van der Waals surface area (Å²) >= 11 is 3.27. The van der Waals surface area contributed by atoms with E-state index in [2.05, 4.69) is 31.5 Å². The third kappa shape index (κ3) is 3.53. The first-order valence-electron chi connectivity index (χ1n) is 5.08. The topological polar surface area (TPSA) is 54.0 Å². The second kappa shape index (κ2) is 5.59. The molecule has 0 saturated heterocycles. The molecule has 1 aromatic heterocycles. The van der Waals surface area contributed by atoms with Crippen LogP contribution in [0.5, 0.6) is 0 Å². The SMILES string of the molecule is O=C(Nc1cccc(F)c1)Nc1cc(Br)ccn1. The molecule has 0 radical (unpaired) electrons. The van der Waals surface area contributed by atoms with E-state index in [1.54, 1.807) is 24.4 Å². The summed E-state index contributed by atoms with van der Waals surface area (Å²) < 4.78 is 13.7. The molecule has 2 rings (SSSR count). The zero-order valence-electron chi connectivity index (χ0n) is 9.15. The van der Waals surface area contributed by atoms with Crippen LogP contribution in [0.2, 0.25) is 0 Å². The summed E-state index contributed by atoms with van der Waals surface area (Å²) in [6.45, 7) is 0. The minimum Gasteiger partial charge on any atom is -0.308 e. The highest BCUT2D eigenvalue weighted by atomic mass is 79.9. The highest BCUT2D eigenvalue weighted by Crippen LogP contribution is 2.13. The first-order valence-corrected chi connectivity index (χ1v) is 5.88. The quantitative estimate of drug-likeness (QED) is 0.890. The number of rotatable bonds is 2. The number of halogens is 2. The second-order valence-electron chi connectivity index (χ2n) is 3.45. The molecule has 0 fully saturated rings. The van der Waals surface area contributed by atoms with Gasteiger partial charge in [-0.25, -0.2) is 14.2 Å². The summed E-state index contributed by atoms with van der Waals surface area (Å²) in [5.41, 5.74) is 0.377. The van der Waals surface area contributed by atoms with Crippen molar-refractivity contribution >= 4 is 33.5 Å². The molecule has 0 aliphatic heterocycles. The van der Waals surface area contributed by atoms with Crippen molar-refractivity contribution in [3.8, 4) is 0 Å². The normalized spacial score (nSPS) is 9.89. The zero-order chi connectivity index (χ0) is 13.0. The second-order valence-corrected chi connectivity index (χ2v) is 4.36. The molecule has 18 heavy (non-hydrogen) atoms. The van der Waals surface area contributed by atoms with E-state index in [9.17, 15) is 9.18 Å². The third-order valence-corrected chi connectivity index (χ3v) is 2.54. The van der Waals surface area contributed by atoms with Crippen molar-refractivity contribution in [2.75, 3.05) is 10.6 Å². The summed E-state index contributed by atoms with van der Waals surface area (Å²) in [6.07, 6.45) is 1.56.